The number of hydrogen-bond donors (Lipinski definition) is 10. The number of hydrazine groups is 2. The molecule has 8 rings (SSSR count). The summed E-state index contributed by atoms with van der Waals surface area (Å²) in [6, 6.07) is 7.38. The number of carboxylic acids is 1. The molecule has 0 aliphatic carbocycles. The molecule has 34 nitrogen and oxygen atoms in total. The topological polar surface area (TPSA) is 571 Å². The summed E-state index contributed by atoms with van der Waals surface area (Å²) in [6.07, 6.45) is 0. The highest BCUT2D eigenvalue weighted by Gasteiger charge is 2.20. The van der Waals surface area contributed by atoms with Gasteiger partial charge in [-0.2, -0.15) is 5.16 Å². The lowest BCUT2D eigenvalue weighted by Gasteiger charge is -1.92. The van der Waals surface area contributed by atoms with Gasteiger partial charge < -0.3 is 38.3 Å². The Bertz CT molecular complexity index is 2600. The summed E-state index contributed by atoms with van der Waals surface area (Å²) in [5.74, 6) is 8.95. The van der Waals surface area contributed by atoms with Gasteiger partial charge in [-0.1, -0.05) is 24.3 Å². The summed E-state index contributed by atoms with van der Waals surface area (Å²) in [5, 5.41) is 49.3. The molecule has 0 radical (unpaired) electrons. The second-order valence-corrected chi connectivity index (χ2v) is 9.54. The number of methoxy groups -OCH3 is 1. The number of carbonyl (C=O) groups excluding carboxylic acids is 3. The lowest BCUT2D eigenvalue weighted by atomic mass is 10.2. The predicted octanol–water partition coefficient (Wildman–Crippen LogP) is -2.82. The number of carboxylic acid groups (broad SMARTS) is 1. The number of ether oxygens (including phenoxy) is 1. The van der Waals surface area contributed by atoms with Gasteiger partial charge in [0.15, 0.2) is 0 Å². The number of fused-ring (bicyclic) bond motifs is 4. The molecule has 0 saturated carbocycles. The Labute approximate surface area is 315 Å². The first-order valence-electron chi connectivity index (χ1n) is 14.4. The summed E-state index contributed by atoms with van der Waals surface area (Å²) in [6.45, 7) is 0. The molecule has 2 amide bonds. The molecule has 304 valence electrons. The SMILES string of the molecule is COC(=O)c1nonc1N.NN.NNC(=O)c1nonc1N.Nc1nonc1C(=O)N=Nc1c2ccccc2c2nc3no[nH]c3nc12.Nc1nonc1C(=O)O.O. The number of anilines is 4. The van der Waals surface area contributed by atoms with Crippen LogP contribution in [0.3, 0.4) is 0 Å². The van der Waals surface area contributed by atoms with Gasteiger partial charge in [-0.15, -0.1) is 10.2 Å². The van der Waals surface area contributed by atoms with Crippen LogP contribution < -0.4 is 45.9 Å². The smallest absolute Gasteiger partial charge is 0.364 e. The fraction of sp³-hybridized carbons (Fsp3) is 0.0417. The van der Waals surface area contributed by atoms with E-state index in [-0.39, 0.29) is 51.5 Å². The number of aromatic amines is 1. The highest BCUT2D eigenvalue weighted by Crippen LogP contribution is 2.38. The van der Waals surface area contributed by atoms with E-state index in [1.807, 2.05) is 29.7 Å². The fourth-order valence-electron chi connectivity index (χ4n) is 3.83. The van der Waals surface area contributed by atoms with Gasteiger partial charge in [-0.05, 0) is 46.4 Å². The zero-order valence-corrected chi connectivity index (χ0v) is 28.7. The Balaban J connectivity index is 0.000000233. The number of carbonyl (C=O) groups is 4. The van der Waals surface area contributed by atoms with Crippen LogP contribution in [-0.4, -0.2) is 103 Å². The van der Waals surface area contributed by atoms with Crippen LogP contribution in [0.4, 0.5) is 29.0 Å². The summed E-state index contributed by atoms with van der Waals surface area (Å²) in [5.41, 5.74) is 23.9. The van der Waals surface area contributed by atoms with E-state index in [2.05, 4.69) is 107 Å². The van der Waals surface area contributed by atoms with Gasteiger partial charge in [0, 0.05) is 10.8 Å². The molecular weight excluding hydrogens is 788 g/mol. The maximum absolute atomic E-state index is 12.1. The first-order valence-corrected chi connectivity index (χ1v) is 14.4. The minimum absolute atomic E-state index is 0. The van der Waals surface area contributed by atoms with Crippen molar-refractivity contribution in [1.29, 1.82) is 0 Å². The molecule has 0 atom stereocenters. The fourth-order valence-corrected chi connectivity index (χ4v) is 3.83. The normalized spacial score (nSPS) is 10.1. The molecule has 0 unspecified atom stereocenters. The highest BCUT2D eigenvalue weighted by molar-refractivity contribution is 6.18. The highest BCUT2D eigenvalue weighted by atomic mass is 16.6. The number of nitrogens with zero attached hydrogens (tertiary/aromatic N) is 13. The number of benzene rings is 1. The Hall–Kier alpha value is -9.15. The first kappa shape index (κ1) is 43.3. The van der Waals surface area contributed by atoms with Crippen LogP contribution in [0.15, 0.2) is 57.6 Å². The first-order chi connectivity index (χ1) is 27.4. The summed E-state index contributed by atoms with van der Waals surface area (Å²) >= 11 is 0. The Morgan fingerprint density at radius 3 is 1.72 bits per heavy atom. The van der Waals surface area contributed by atoms with Crippen molar-refractivity contribution < 1.29 is 57.6 Å². The number of H-pyrrole nitrogens is 1. The monoisotopic (exact) mass is 814 g/mol. The van der Waals surface area contributed by atoms with Crippen molar-refractivity contribution in [2.45, 2.75) is 0 Å². The number of amides is 2. The van der Waals surface area contributed by atoms with Crippen LogP contribution in [0.1, 0.15) is 42.0 Å². The average molecular weight is 815 g/mol. The average Bonchev–Trinajstić information content (AvgIpc) is 4.09. The van der Waals surface area contributed by atoms with E-state index in [0.717, 1.165) is 10.8 Å². The molecule has 19 N–H and O–H groups in total. The van der Waals surface area contributed by atoms with E-state index in [1.165, 1.54) is 7.11 Å². The molecule has 0 fully saturated rings. The van der Waals surface area contributed by atoms with Crippen molar-refractivity contribution in [3.05, 3.63) is 47.0 Å². The number of hydrogen-bond acceptors (Lipinski definition) is 29. The van der Waals surface area contributed by atoms with Gasteiger partial charge >= 0.3 is 17.8 Å². The maximum atomic E-state index is 12.1. The molecule has 6 heterocycles. The van der Waals surface area contributed by atoms with Gasteiger partial charge in [0.05, 0.1) is 7.11 Å². The molecule has 0 aliphatic rings. The number of nitrogens with one attached hydrogen (secondary N) is 2. The molecule has 34 heteroatoms. The van der Waals surface area contributed by atoms with Crippen molar-refractivity contribution in [3.8, 4) is 0 Å². The number of aromatic carboxylic acids is 1. The molecule has 0 spiro atoms. The second-order valence-electron chi connectivity index (χ2n) is 9.54. The van der Waals surface area contributed by atoms with Crippen LogP contribution in [0.5, 0.6) is 0 Å². The molecule has 8 aromatic rings. The molecule has 0 aliphatic heterocycles. The quantitative estimate of drug-likeness (QED) is 0.0275. The zero-order chi connectivity index (χ0) is 41.6. The van der Waals surface area contributed by atoms with Gasteiger partial charge in [0.2, 0.25) is 57.3 Å². The molecule has 58 heavy (non-hydrogen) atoms. The van der Waals surface area contributed by atoms with E-state index in [4.69, 9.17) is 38.5 Å². The van der Waals surface area contributed by atoms with Crippen LogP contribution in [-0.2, 0) is 4.74 Å². The van der Waals surface area contributed by atoms with Crippen LogP contribution in [0.25, 0.3) is 33.1 Å². The zero-order valence-electron chi connectivity index (χ0n) is 28.7. The Morgan fingerprint density at radius 1 is 0.724 bits per heavy atom. The van der Waals surface area contributed by atoms with E-state index in [9.17, 15) is 19.2 Å². The third kappa shape index (κ3) is 9.68. The van der Waals surface area contributed by atoms with Crippen molar-refractivity contribution in [3.63, 3.8) is 0 Å². The molecule has 6 aromatic heterocycles. The number of azo groups is 1. The minimum atomic E-state index is -1.24. The molecule has 2 aromatic carbocycles. The van der Waals surface area contributed by atoms with E-state index in [1.54, 1.807) is 0 Å². The van der Waals surface area contributed by atoms with E-state index in [0.29, 0.717) is 28.0 Å². The summed E-state index contributed by atoms with van der Waals surface area (Å²) < 4.78 is 25.7. The molecule has 0 bridgehead atoms. The number of rotatable bonds is 5. The Kier molecular flexibility index (Phi) is 14.8. The van der Waals surface area contributed by atoms with Crippen LogP contribution >= 0.6 is 0 Å². The number of esters is 1. The van der Waals surface area contributed by atoms with Crippen molar-refractivity contribution >= 4 is 85.8 Å². The van der Waals surface area contributed by atoms with Crippen LogP contribution in [0.2, 0.25) is 0 Å². The van der Waals surface area contributed by atoms with Crippen molar-refractivity contribution in [2.24, 2.45) is 27.8 Å². The predicted molar refractivity (Wildman–Crippen MR) is 185 cm³/mol. The molecular formula is C24H26N22O12. The maximum Gasteiger partial charge on any atom is 0.364 e. The number of nitrogens with two attached hydrogens (primary N) is 7. The van der Waals surface area contributed by atoms with Gasteiger partial charge in [0.25, 0.3) is 5.91 Å². The molecule has 0 saturated heterocycles. The van der Waals surface area contributed by atoms with E-state index < -0.39 is 23.8 Å². The van der Waals surface area contributed by atoms with Crippen molar-refractivity contribution in [2.75, 3.05) is 30.0 Å². The largest absolute Gasteiger partial charge is 0.476 e. The van der Waals surface area contributed by atoms with Gasteiger partial charge in [0.1, 0.15) is 16.7 Å². The lowest BCUT2D eigenvalue weighted by Crippen LogP contribution is -2.30. The lowest BCUT2D eigenvalue weighted by molar-refractivity contribution is 0.0588. The van der Waals surface area contributed by atoms with E-state index >= 15 is 0 Å². The number of nitrogen functional groups attached to an aromatic ring is 5. The summed E-state index contributed by atoms with van der Waals surface area (Å²) in [4.78, 5) is 52.2. The number of aromatic nitrogens is 12. The standard InChI is InChI=1S/C14H7N9O3.C4H5N3O3.C3H5N5O2.C3H3N3O3.H4N2.H2O/c15-11-10(20-25-21-11)14(24)19-18-8-6-4-2-1-3-5(6)7-9(8)17-13-12(16-7)22-26-23-13;1-9-4(8)2-3(5)7-10-6-2;4-2-1(3(9)6-5)7-10-8-2;4-2-1(3(7)8)5-9-6-2;1-2;/h1-4H,(H2,15,21)(H,17,23);1H3,(H2,5,7);5H2,(H2,4,8)(H,6,9);(H2,4,6)(H,7,8);1-2H2;1H2. The second kappa shape index (κ2) is 19.8. The van der Waals surface area contributed by atoms with Crippen molar-refractivity contribution in [1.82, 2.24) is 67.0 Å². The van der Waals surface area contributed by atoms with Gasteiger partial charge in [-0.3, -0.25) is 31.3 Å². The minimum Gasteiger partial charge on any atom is -0.476 e. The van der Waals surface area contributed by atoms with Gasteiger partial charge in [-0.25, -0.2) is 43.9 Å². The van der Waals surface area contributed by atoms with Crippen LogP contribution in [0, 0.1) is 0 Å². The Morgan fingerprint density at radius 2 is 1.24 bits per heavy atom. The third-order valence-corrected chi connectivity index (χ3v) is 6.24. The third-order valence-electron chi connectivity index (χ3n) is 6.24. The summed E-state index contributed by atoms with van der Waals surface area (Å²) in [7, 11) is 1.22.